The van der Waals surface area contributed by atoms with E-state index >= 15 is 0 Å². The quantitative estimate of drug-likeness (QED) is 0.696. The molecule has 1 unspecified atom stereocenters. The van der Waals surface area contributed by atoms with Gasteiger partial charge >= 0.3 is 0 Å². The van der Waals surface area contributed by atoms with Gasteiger partial charge in [-0.3, -0.25) is 14.4 Å². The Labute approximate surface area is 153 Å². The van der Waals surface area contributed by atoms with Gasteiger partial charge in [0.15, 0.2) is 0 Å². The van der Waals surface area contributed by atoms with Crippen molar-refractivity contribution in [3.8, 4) is 0 Å². The lowest BCUT2D eigenvalue weighted by Gasteiger charge is -2.13. The Balaban J connectivity index is 1.56. The van der Waals surface area contributed by atoms with Crippen LogP contribution in [0.5, 0.6) is 0 Å². The smallest absolute Gasteiger partial charge is 0.254 e. The molecule has 1 aromatic heterocycles. The van der Waals surface area contributed by atoms with Crippen molar-refractivity contribution in [3.63, 3.8) is 0 Å². The number of hydrogen-bond donors (Lipinski definition) is 3. The second kappa shape index (κ2) is 8.02. The lowest BCUT2D eigenvalue weighted by Crippen LogP contribution is -2.41. The molecular formula is C16H17N5O4S. The molecule has 2 heterocycles. The number of nitrogens with zero attached hydrogens (tertiary/aromatic N) is 2. The molecule has 1 aliphatic rings. The van der Waals surface area contributed by atoms with Crippen molar-refractivity contribution in [2.45, 2.75) is 25.5 Å². The highest BCUT2D eigenvalue weighted by atomic mass is 32.1. The highest BCUT2D eigenvalue weighted by molar-refractivity contribution is 7.15. The maximum Gasteiger partial charge on any atom is 0.254 e. The van der Waals surface area contributed by atoms with Crippen LogP contribution in [0.15, 0.2) is 24.3 Å². The summed E-state index contributed by atoms with van der Waals surface area (Å²) in [5.74, 6) is -1.01. The van der Waals surface area contributed by atoms with Gasteiger partial charge in [0.25, 0.3) is 5.91 Å². The summed E-state index contributed by atoms with van der Waals surface area (Å²) in [6, 6.07) is 5.96. The van der Waals surface area contributed by atoms with Crippen LogP contribution in [0.3, 0.4) is 0 Å². The lowest BCUT2D eigenvalue weighted by molar-refractivity contribution is -0.118. The zero-order valence-corrected chi connectivity index (χ0v) is 14.8. The fraction of sp³-hybridized carbons (Fsp3) is 0.312. The topological polar surface area (TPSA) is 122 Å². The first kappa shape index (κ1) is 18.0. The third kappa shape index (κ3) is 4.21. The number of hydrogen-bond acceptors (Lipinski definition) is 7. The summed E-state index contributed by atoms with van der Waals surface area (Å²) in [6.07, 6.45) is 0.217. The van der Waals surface area contributed by atoms with Crippen LogP contribution in [0.25, 0.3) is 0 Å². The first-order valence-corrected chi connectivity index (χ1v) is 8.70. The van der Waals surface area contributed by atoms with Crippen molar-refractivity contribution in [2.24, 2.45) is 0 Å². The van der Waals surface area contributed by atoms with Crippen LogP contribution in [0.4, 0.5) is 10.8 Å². The number of anilines is 2. The Hall–Kier alpha value is -2.85. The molecule has 0 spiro atoms. The predicted molar refractivity (Wildman–Crippen MR) is 94.8 cm³/mol. The van der Waals surface area contributed by atoms with Crippen molar-refractivity contribution in [1.82, 2.24) is 15.5 Å². The Kier molecular flexibility index (Phi) is 5.54. The SMILES string of the molecule is COCc1nnc(NC(=O)CCC2NC(=O)c3ccccc3NC2=O)s1. The third-order valence-electron chi connectivity index (χ3n) is 3.69. The molecule has 9 nitrogen and oxygen atoms in total. The first-order valence-electron chi connectivity index (χ1n) is 7.88. The van der Waals surface area contributed by atoms with Crippen molar-refractivity contribution < 1.29 is 19.1 Å². The van der Waals surface area contributed by atoms with E-state index in [1.54, 1.807) is 31.4 Å². The molecule has 10 heteroatoms. The zero-order valence-electron chi connectivity index (χ0n) is 13.9. The van der Waals surface area contributed by atoms with Gasteiger partial charge in [-0.1, -0.05) is 23.5 Å². The van der Waals surface area contributed by atoms with E-state index in [9.17, 15) is 14.4 Å². The molecule has 1 atom stereocenters. The van der Waals surface area contributed by atoms with E-state index < -0.39 is 6.04 Å². The standard InChI is InChI=1S/C16H17N5O4S/c1-25-8-13-20-21-16(26-13)19-12(22)7-6-11-15(24)17-10-5-3-2-4-9(10)14(23)18-11/h2-5,11H,6-8H2,1H3,(H,17,24)(H,18,23)(H,19,21,22). The minimum Gasteiger partial charge on any atom is -0.377 e. The molecule has 3 rings (SSSR count). The number of benzene rings is 1. The van der Waals surface area contributed by atoms with E-state index in [1.807, 2.05) is 0 Å². The molecule has 26 heavy (non-hydrogen) atoms. The molecular weight excluding hydrogens is 358 g/mol. The summed E-state index contributed by atoms with van der Waals surface area (Å²) < 4.78 is 4.94. The van der Waals surface area contributed by atoms with Crippen molar-refractivity contribution in [1.29, 1.82) is 0 Å². The molecule has 0 radical (unpaired) electrons. The highest BCUT2D eigenvalue weighted by Crippen LogP contribution is 2.20. The number of rotatable bonds is 6. The van der Waals surface area contributed by atoms with E-state index in [-0.39, 0.29) is 30.6 Å². The molecule has 0 bridgehead atoms. The van der Waals surface area contributed by atoms with Crippen molar-refractivity contribution in [3.05, 3.63) is 34.8 Å². The summed E-state index contributed by atoms with van der Waals surface area (Å²) in [4.78, 5) is 36.6. The number of fused-ring (bicyclic) bond motifs is 1. The fourth-order valence-corrected chi connectivity index (χ4v) is 3.19. The first-order chi connectivity index (χ1) is 12.6. The van der Waals surface area contributed by atoms with Crippen LogP contribution in [0.1, 0.15) is 28.2 Å². The maximum atomic E-state index is 12.3. The van der Waals surface area contributed by atoms with Gasteiger partial charge in [-0.25, -0.2) is 0 Å². The van der Waals surface area contributed by atoms with E-state index in [0.717, 1.165) is 0 Å². The van der Waals surface area contributed by atoms with Crippen LogP contribution >= 0.6 is 11.3 Å². The van der Waals surface area contributed by atoms with Gasteiger partial charge in [0.2, 0.25) is 16.9 Å². The Morgan fingerprint density at radius 3 is 2.92 bits per heavy atom. The van der Waals surface area contributed by atoms with E-state index in [2.05, 4.69) is 26.1 Å². The molecule has 1 aliphatic heterocycles. The fourth-order valence-electron chi connectivity index (χ4n) is 2.46. The van der Waals surface area contributed by atoms with E-state index in [4.69, 9.17) is 4.74 Å². The maximum absolute atomic E-state index is 12.3. The average Bonchev–Trinajstić information content (AvgIpc) is 3.01. The number of aromatic nitrogens is 2. The normalized spacial score (nSPS) is 16.3. The number of carbonyl (C=O) groups is 3. The molecule has 0 saturated heterocycles. The largest absolute Gasteiger partial charge is 0.377 e. The van der Waals surface area contributed by atoms with Gasteiger partial charge < -0.3 is 20.7 Å². The number of carbonyl (C=O) groups excluding carboxylic acids is 3. The predicted octanol–water partition coefficient (Wildman–Crippen LogP) is 1.15. The van der Waals surface area contributed by atoms with E-state index in [0.29, 0.717) is 28.0 Å². The Morgan fingerprint density at radius 2 is 2.12 bits per heavy atom. The molecule has 2 aromatic rings. The zero-order chi connectivity index (χ0) is 18.5. The Morgan fingerprint density at radius 1 is 1.31 bits per heavy atom. The summed E-state index contributed by atoms with van der Waals surface area (Å²) in [6.45, 7) is 0.322. The van der Waals surface area contributed by atoms with Gasteiger partial charge in [-0.15, -0.1) is 10.2 Å². The summed E-state index contributed by atoms with van der Waals surface area (Å²) in [7, 11) is 1.55. The minimum atomic E-state index is -0.792. The van der Waals surface area contributed by atoms with Crippen LogP contribution in [0, 0.1) is 0 Å². The number of methoxy groups -OCH3 is 1. The molecule has 3 N–H and O–H groups in total. The molecule has 3 amide bonds. The second-order valence-corrected chi connectivity index (χ2v) is 6.64. The average molecular weight is 375 g/mol. The monoisotopic (exact) mass is 375 g/mol. The van der Waals surface area contributed by atoms with Gasteiger partial charge in [-0.05, 0) is 18.6 Å². The summed E-state index contributed by atoms with van der Waals surface area (Å²) >= 11 is 1.21. The Bertz CT molecular complexity index is 838. The summed E-state index contributed by atoms with van der Waals surface area (Å²) in [5.41, 5.74) is 0.855. The van der Waals surface area contributed by atoms with Crippen molar-refractivity contribution in [2.75, 3.05) is 17.7 Å². The molecule has 0 aliphatic carbocycles. The molecule has 0 fully saturated rings. The number of para-hydroxylation sites is 1. The number of nitrogens with one attached hydrogen (secondary N) is 3. The third-order valence-corrected chi connectivity index (χ3v) is 4.50. The van der Waals surface area contributed by atoms with Crippen LogP contribution < -0.4 is 16.0 Å². The van der Waals surface area contributed by atoms with Crippen LogP contribution in [-0.2, 0) is 20.9 Å². The van der Waals surface area contributed by atoms with Gasteiger partial charge in [0.05, 0.1) is 11.3 Å². The molecule has 136 valence electrons. The summed E-state index contributed by atoms with van der Waals surface area (Å²) in [5, 5.41) is 16.7. The molecule has 1 aromatic carbocycles. The van der Waals surface area contributed by atoms with Gasteiger partial charge in [-0.2, -0.15) is 0 Å². The lowest BCUT2D eigenvalue weighted by atomic mass is 10.1. The molecule has 0 saturated carbocycles. The number of amides is 3. The second-order valence-electron chi connectivity index (χ2n) is 5.58. The van der Waals surface area contributed by atoms with Crippen molar-refractivity contribution >= 4 is 39.9 Å². The van der Waals surface area contributed by atoms with E-state index in [1.165, 1.54) is 11.3 Å². The minimum absolute atomic E-state index is 0.0495. The van der Waals surface area contributed by atoms with Gasteiger partial charge in [0, 0.05) is 13.5 Å². The number of ether oxygens (including phenoxy) is 1. The van der Waals surface area contributed by atoms with Gasteiger partial charge in [0.1, 0.15) is 17.7 Å². The van der Waals surface area contributed by atoms with Crippen LogP contribution in [-0.4, -0.2) is 41.1 Å². The highest BCUT2D eigenvalue weighted by Gasteiger charge is 2.27. The van der Waals surface area contributed by atoms with Crippen LogP contribution in [0.2, 0.25) is 0 Å².